The van der Waals surface area contributed by atoms with Crippen LogP contribution < -0.4 is 21.5 Å². The molecular formula is C15H18N4O3S. The van der Waals surface area contributed by atoms with Crippen LogP contribution in [-0.2, 0) is 14.3 Å². The van der Waals surface area contributed by atoms with Crippen LogP contribution >= 0.6 is 12.2 Å². The average Bonchev–Trinajstić information content (AvgIpc) is 2.78. The normalized spacial score (nSPS) is 20.0. The van der Waals surface area contributed by atoms with Gasteiger partial charge in [-0.2, -0.15) is 0 Å². The predicted molar refractivity (Wildman–Crippen MR) is 90.1 cm³/mol. The van der Waals surface area contributed by atoms with Crippen molar-refractivity contribution in [2.75, 3.05) is 11.5 Å². The molecule has 2 rings (SSSR count). The number of thiocarbonyl (C=S) groups is 1. The van der Waals surface area contributed by atoms with E-state index in [9.17, 15) is 9.59 Å². The van der Waals surface area contributed by atoms with Crippen molar-refractivity contribution in [1.82, 2.24) is 10.9 Å². The number of amides is 1. The predicted octanol–water partition coefficient (Wildman–Crippen LogP) is 0.577. The monoisotopic (exact) mass is 334 g/mol. The summed E-state index contributed by atoms with van der Waals surface area (Å²) in [5.41, 5.74) is 9.94. The highest BCUT2D eigenvalue weighted by molar-refractivity contribution is 7.80. The average molecular weight is 334 g/mol. The number of hydrogen-bond acceptors (Lipinski definition) is 5. The van der Waals surface area contributed by atoms with Gasteiger partial charge in [0, 0.05) is 5.69 Å². The van der Waals surface area contributed by atoms with Gasteiger partial charge in [0.15, 0.2) is 10.7 Å². The quantitative estimate of drug-likeness (QED) is 0.412. The van der Waals surface area contributed by atoms with E-state index >= 15 is 0 Å². The van der Waals surface area contributed by atoms with E-state index in [1.54, 1.807) is 38.1 Å². The van der Waals surface area contributed by atoms with Crippen LogP contribution in [0.5, 0.6) is 0 Å². The minimum absolute atomic E-state index is 0.0188. The van der Waals surface area contributed by atoms with Gasteiger partial charge in [-0.25, -0.2) is 4.79 Å². The molecule has 1 unspecified atom stereocenters. The Morgan fingerprint density at radius 2 is 2.04 bits per heavy atom. The van der Waals surface area contributed by atoms with Gasteiger partial charge in [0.1, 0.15) is 5.70 Å². The molecule has 4 N–H and O–H groups in total. The van der Waals surface area contributed by atoms with Crippen molar-refractivity contribution in [2.45, 2.75) is 19.4 Å². The number of carbonyl (C=O) groups excluding carboxylic acids is 2. The highest BCUT2D eigenvalue weighted by Crippen LogP contribution is 2.33. The fourth-order valence-corrected chi connectivity index (χ4v) is 2.40. The molecule has 122 valence electrons. The second-order valence-electron chi connectivity index (χ2n) is 5.02. The van der Waals surface area contributed by atoms with Gasteiger partial charge in [-0.1, -0.05) is 18.2 Å². The number of para-hydroxylation sites is 1. The maximum absolute atomic E-state index is 12.7. The molecule has 1 aliphatic heterocycles. The zero-order chi connectivity index (χ0) is 17.0. The fourth-order valence-electron chi connectivity index (χ4n) is 2.35. The SMILES string of the molecule is CCOC(=O)C1(C)C=C(NNC(N)=S)C(=O)N1c1ccccc1. The number of hydrazine groups is 1. The Hall–Kier alpha value is -2.61. The first-order valence-corrected chi connectivity index (χ1v) is 7.42. The summed E-state index contributed by atoms with van der Waals surface area (Å²) in [4.78, 5) is 26.5. The Morgan fingerprint density at radius 3 is 2.61 bits per heavy atom. The van der Waals surface area contributed by atoms with Crippen molar-refractivity contribution in [1.29, 1.82) is 0 Å². The van der Waals surface area contributed by atoms with Crippen molar-refractivity contribution in [2.24, 2.45) is 5.73 Å². The molecule has 1 amide bonds. The Labute approximate surface area is 139 Å². The molecule has 1 aliphatic rings. The van der Waals surface area contributed by atoms with E-state index in [1.807, 2.05) is 6.07 Å². The molecule has 0 aliphatic carbocycles. The summed E-state index contributed by atoms with van der Waals surface area (Å²) >= 11 is 4.70. The third-order valence-corrected chi connectivity index (χ3v) is 3.45. The summed E-state index contributed by atoms with van der Waals surface area (Å²) in [6.45, 7) is 3.54. The van der Waals surface area contributed by atoms with Crippen molar-refractivity contribution >= 4 is 34.9 Å². The summed E-state index contributed by atoms with van der Waals surface area (Å²) in [7, 11) is 0. The van der Waals surface area contributed by atoms with Crippen LogP contribution in [0.1, 0.15) is 13.8 Å². The van der Waals surface area contributed by atoms with Crippen molar-refractivity contribution < 1.29 is 14.3 Å². The molecule has 0 spiro atoms. The van der Waals surface area contributed by atoms with E-state index in [2.05, 4.69) is 10.9 Å². The van der Waals surface area contributed by atoms with Gasteiger partial charge in [-0.3, -0.25) is 20.5 Å². The Kier molecular flexibility index (Phi) is 4.85. The number of carbonyl (C=O) groups is 2. The van der Waals surface area contributed by atoms with E-state index in [1.165, 1.54) is 11.0 Å². The smallest absolute Gasteiger partial charge is 0.336 e. The van der Waals surface area contributed by atoms with Crippen LogP contribution in [-0.4, -0.2) is 29.1 Å². The van der Waals surface area contributed by atoms with Crippen molar-refractivity contribution in [3.63, 3.8) is 0 Å². The standard InChI is InChI=1S/C15H18N4O3S/c1-3-22-13(21)15(2)9-11(17-18-14(16)23)12(20)19(15)10-7-5-4-6-8-10/h4-9,17H,3H2,1-2H3,(H3,16,18,23). The number of rotatable bonds is 5. The van der Waals surface area contributed by atoms with Gasteiger partial charge in [0.25, 0.3) is 5.91 Å². The van der Waals surface area contributed by atoms with Crippen LogP contribution in [0, 0.1) is 0 Å². The lowest BCUT2D eigenvalue weighted by atomic mass is 10.0. The zero-order valence-electron chi connectivity index (χ0n) is 12.8. The molecule has 0 radical (unpaired) electrons. The zero-order valence-corrected chi connectivity index (χ0v) is 13.6. The van der Waals surface area contributed by atoms with Crippen molar-refractivity contribution in [3.8, 4) is 0 Å². The van der Waals surface area contributed by atoms with E-state index in [0.717, 1.165) is 0 Å². The molecule has 1 atom stereocenters. The third kappa shape index (κ3) is 3.26. The molecule has 7 nitrogen and oxygen atoms in total. The van der Waals surface area contributed by atoms with Gasteiger partial charge in [-0.05, 0) is 44.3 Å². The van der Waals surface area contributed by atoms with Gasteiger partial charge >= 0.3 is 5.97 Å². The lowest BCUT2D eigenvalue weighted by Gasteiger charge is -2.32. The molecule has 1 aromatic carbocycles. The minimum atomic E-state index is -1.27. The van der Waals surface area contributed by atoms with Crippen LogP contribution in [0.15, 0.2) is 42.1 Å². The Morgan fingerprint density at radius 1 is 1.39 bits per heavy atom. The highest BCUT2D eigenvalue weighted by atomic mass is 32.1. The van der Waals surface area contributed by atoms with Gasteiger partial charge < -0.3 is 10.5 Å². The molecule has 8 heteroatoms. The molecular weight excluding hydrogens is 316 g/mol. The molecule has 1 aromatic rings. The van der Waals surface area contributed by atoms with Gasteiger partial charge in [-0.15, -0.1) is 0 Å². The maximum atomic E-state index is 12.7. The fraction of sp³-hybridized carbons (Fsp3) is 0.267. The first-order chi connectivity index (χ1) is 10.9. The molecule has 0 aromatic heterocycles. The largest absolute Gasteiger partial charge is 0.464 e. The van der Waals surface area contributed by atoms with E-state index in [4.69, 9.17) is 22.7 Å². The summed E-state index contributed by atoms with van der Waals surface area (Å²) in [5.74, 6) is -0.917. The number of nitrogens with two attached hydrogens (primary N) is 1. The van der Waals surface area contributed by atoms with Gasteiger partial charge in [0.05, 0.1) is 6.61 Å². The molecule has 0 fully saturated rings. The number of ether oxygens (including phenoxy) is 1. The summed E-state index contributed by atoms with van der Waals surface area (Å²) in [6, 6.07) is 8.88. The number of esters is 1. The van der Waals surface area contributed by atoms with Crippen LogP contribution in [0.4, 0.5) is 5.69 Å². The Bertz CT molecular complexity index is 662. The third-order valence-electron chi connectivity index (χ3n) is 3.35. The first kappa shape index (κ1) is 16.8. The highest BCUT2D eigenvalue weighted by Gasteiger charge is 2.49. The lowest BCUT2D eigenvalue weighted by molar-refractivity contribution is -0.147. The van der Waals surface area contributed by atoms with E-state index in [-0.39, 0.29) is 17.4 Å². The minimum Gasteiger partial charge on any atom is -0.464 e. The summed E-state index contributed by atoms with van der Waals surface area (Å²) < 4.78 is 5.13. The molecule has 0 saturated carbocycles. The molecule has 0 saturated heterocycles. The molecule has 1 heterocycles. The van der Waals surface area contributed by atoms with E-state index in [0.29, 0.717) is 5.69 Å². The van der Waals surface area contributed by atoms with E-state index < -0.39 is 17.4 Å². The second kappa shape index (κ2) is 6.66. The number of benzene rings is 1. The molecule has 0 bridgehead atoms. The second-order valence-corrected chi connectivity index (χ2v) is 5.46. The van der Waals surface area contributed by atoms with Gasteiger partial charge in [0.2, 0.25) is 0 Å². The van der Waals surface area contributed by atoms with Crippen molar-refractivity contribution in [3.05, 3.63) is 42.1 Å². The summed E-state index contributed by atoms with van der Waals surface area (Å²) in [6.07, 6.45) is 1.49. The number of anilines is 1. The van der Waals surface area contributed by atoms with Crippen LogP contribution in [0.3, 0.4) is 0 Å². The maximum Gasteiger partial charge on any atom is 0.336 e. The first-order valence-electron chi connectivity index (χ1n) is 7.01. The number of nitrogens with one attached hydrogen (secondary N) is 2. The lowest BCUT2D eigenvalue weighted by Crippen LogP contribution is -2.51. The molecule has 23 heavy (non-hydrogen) atoms. The van der Waals surface area contributed by atoms with Crippen LogP contribution in [0.25, 0.3) is 0 Å². The topological polar surface area (TPSA) is 96.7 Å². The number of nitrogens with zero attached hydrogens (tertiary/aromatic N) is 1. The van der Waals surface area contributed by atoms with Crippen LogP contribution in [0.2, 0.25) is 0 Å². The Balaban J connectivity index is 2.41. The number of hydrogen-bond donors (Lipinski definition) is 3. The summed E-state index contributed by atoms with van der Waals surface area (Å²) in [5, 5.41) is -0.0188.